The Morgan fingerprint density at radius 3 is 2.68 bits per heavy atom. The maximum absolute atomic E-state index is 4.40. The standard InChI is InChI=1S/C14H21N5/c1-5-13-8-14(18-11(3)17-13)15-7-6-12-9-16-19(4)10(12)2/h8-9H,5-7H2,1-4H3,(H,15,17,18). The molecule has 0 amide bonds. The molecule has 102 valence electrons. The second kappa shape index (κ2) is 5.82. The average molecular weight is 259 g/mol. The van der Waals surface area contributed by atoms with Gasteiger partial charge < -0.3 is 5.32 Å². The molecular weight excluding hydrogens is 238 g/mol. The van der Waals surface area contributed by atoms with Crippen LogP contribution in [0.1, 0.15) is 29.7 Å². The highest BCUT2D eigenvalue weighted by atomic mass is 15.3. The zero-order valence-corrected chi connectivity index (χ0v) is 12.1. The van der Waals surface area contributed by atoms with Crippen LogP contribution >= 0.6 is 0 Å². The van der Waals surface area contributed by atoms with Gasteiger partial charge in [-0.05, 0) is 32.3 Å². The van der Waals surface area contributed by atoms with Crippen LogP contribution in [0.5, 0.6) is 0 Å². The van der Waals surface area contributed by atoms with Crippen molar-refractivity contribution in [3.63, 3.8) is 0 Å². The molecule has 5 heteroatoms. The van der Waals surface area contributed by atoms with Crippen molar-refractivity contribution in [1.82, 2.24) is 19.7 Å². The van der Waals surface area contributed by atoms with Gasteiger partial charge in [-0.3, -0.25) is 4.68 Å². The quantitative estimate of drug-likeness (QED) is 0.893. The summed E-state index contributed by atoms with van der Waals surface area (Å²) in [5.41, 5.74) is 3.57. The van der Waals surface area contributed by atoms with E-state index in [0.717, 1.165) is 36.7 Å². The predicted octanol–water partition coefficient (Wildman–Crippen LogP) is 2.04. The molecule has 2 aromatic heterocycles. The van der Waals surface area contributed by atoms with Gasteiger partial charge in [0, 0.05) is 31.0 Å². The van der Waals surface area contributed by atoms with Crippen LogP contribution in [-0.4, -0.2) is 26.3 Å². The molecule has 0 aromatic carbocycles. The number of nitrogens with one attached hydrogen (secondary N) is 1. The lowest BCUT2D eigenvalue weighted by Gasteiger charge is -2.07. The van der Waals surface area contributed by atoms with E-state index in [9.17, 15) is 0 Å². The third-order valence-corrected chi connectivity index (χ3v) is 3.29. The molecule has 1 N–H and O–H groups in total. The van der Waals surface area contributed by atoms with E-state index in [2.05, 4.69) is 34.2 Å². The number of hydrogen-bond donors (Lipinski definition) is 1. The Hall–Kier alpha value is -1.91. The largest absolute Gasteiger partial charge is 0.370 e. The predicted molar refractivity (Wildman–Crippen MR) is 76.3 cm³/mol. The summed E-state index contributed by atoms with van der Waals surface area (Å²) in [5.74, 6) is 1.73. The Bertz CT molecular complexity index is 559. The van der Waals surface area contributed by atoms with Crippen LogP contribution < -0.4 is 5.32 Å². The lowest BCUT2D eigenvalue weighted by molar-refractivity contribution is 0.737. The minimum absolute atomic E-state index is 0.819. The van der Waals surface area contributed by atoms with Crippen LogP contribution in [0.3, 0.4) is 0 Å². The van der Waals surface area contributed by atoms with Crippen molar-refractivity contribution in [2.75, 3.05) is 11.9 Å². The lowest BCUT2D eigenvalue weighted by atomic mass is 10.2. The summed E-state index contributed by atoms with van der Waals surface area (Å²) < 4.78 is 1.90. The van der Waals surface area contributed by atoms with Crippen LogP contribution in [0.2, 0.25) is 0 Å². The molecular formula is C14H21N5. The summed E-state index contributed by atoms with van der Waals surface area (Å²) in [6, 6.07) is 2.02. The third-order valence-electron chi connectivity index (χ3n) is 3.29. The zero-order valence-electron chi connectivity index (χ0n) is 12.1. The SMILES string of the molecule is CCc1cc(NCCc2cnn(C)c2C)nc(C)n1. The molecule has 0 saturated carbocycles. The molecule has 0 fully saturated rings. The highest BCUT2D eigenvalue weighted by Gasteiger charge is 2.04. The Balaban J connectivity index is 1.96. The topological polar surface area (TPSA) is 55.6 Å². The second-order valence-electron chi connectivity index (χ2n) is 4.70. The van der Waals surface area contributed by atoms with E-state index in [4.69, 9.17) is 0 Å². The van der Waals surface area contributed by atoms with E-state index in [1.807, 2.05) is 30.9 Å². The van der Waals surface area contributed by atoms with E-state index in [-0.39, 0.29) is 0 Å². The summed E-state index contributed by atoms with van der Waals surface area (Å²) in [5, 5.41) is 7.60. The monoisotopic (exact) mass is 259 g/mol. The van der Waals surface area contributed by atoms with Crippen LogP contribution in [0.25, 0.3) is 0 Å². The molecule has 19 heavy (non-hydrogen) atoms. The van der Waals surface area contributed by atoms with Gasteiger partial charge in [0.15, 0.2) is 0 Å². The molecule has 0 radical (unpaired) electrons. The molecule has 5 nitrogen and oxygen atoms in total. The molecule has 0 unspecified atom stereocenters. The molecule has 0 atom stereocenters. The number of aromatic nitrogens is 4. The molecule has 2 heterocycles. The highest BCUT2D eigenvalue weighted by molar-refractivity contribution is 5.36. The van der Waals surface area contributed by atoms with Gasteiger partial charge in [0.1, 0.15) is 11.6 Å². The number of rotatable bonds is 5. The number of anilines is 1. The van der Waals surface area contributed by atoms with Crippen LogP contribution in [-0.2, 0) is 19.9 Å². The van der Waals surface area contributed by atoms with Crippen LogP contribution in [0.4, 0.5) is 5.82 Å². The molecule has 0 aliphatic heterocycles. The first-order valence-electron chi connectivity index (χ1n) is 6.66. The van der Waals surface area contributed by atoms with Crippen molar-refractivity contribution in [3.05, 3.63) is 35.0 Å². The van der Waals surface area contributed by atoms with Gasteiger partial charge in [0.25, 0.3) is 0 Å². The molecule has 0 aliphatic carbocycles. The van der Waals surface area contributed by atoms with Gasteiger partial charge in [0.2, 0.25) is 0 Å². The maximum atomic E-state index is 4.40. The minimum Gasteiger partial charge on any atom is -0.370 e. The van der Waals surface area contributed by atoms with E-state index >= 15 is 0 Å². The van der Waals surface area contributed by atoms with Crippen molar-refractivity contribution in [3.8, 4) is 0 Å². The summed E-state index contributed by atoms with van der Waals surface area (Å²) in [6.45, 7) is 6.97. The minimum atomic E-state index is 0.819. The first kappa shape index (κ1) is 13.5. The van der Waals surface area contributed by atoms with Crippen molar-refractivity contribution in [2.45, 2.75) is 33.6 Å². The lowest BCUT2D eigenvalue weighted by Crippen LogP contribution is -2.09. The molecule has 0 saturated heterocycles. The van der Waals surface area contributed by atoms with Gasteiger partial charge in [-0.2, -0.15) is 5.10 Å². The summed E-state index contributed by atoms with van der Waals surface area (Å²) in [7, 11) is 1.97. The fourth-order valence-corrected chi connectivity index (χ4v) is 2.02. The van der Waals surface area contributed by atoms with E-state index in [1.165, 1.54) is 11.3 Å². The fourth-order valence-electron chi connectivity index (χ4n) is 2.02. The van der Waals surface area contributed by atoms with E-state index in [0.29, 0.717) is 0 Å². The smallest absolute Gasteiger partial charge is 0.129 e. The first-order chi connectivity index (χ1) is 9.10. The average Bonchev–Trinajstić information content (AvgIpc) is 2.70. The Kier molecular flexibility index (Phi) is 4.14. The van der Waals surface area contributed by atoms with Crippen molar-refractivity contribution in [1.29, 1.82) is 0 Å². The Morgan fingerprint density at radius 1 is 1.26 bits per heavy atom. The van der Waals surface area contributed by atoms with Gasteiger partial charge >= 0.3 is 0 Å². The van der Waals surface area contributed by atoms with Crippen molar-refractivity contribution >= 4 is 5.82 Å². The van der Waals surface area contributed by atoms with Crippen LogP contribution in [0.15, 0.2) is 12.3 Å². The number of nitrogens with zero attached hydrogens (tertiary/aromatic N) is 4. The molecule has 0 spiro atoms. The second-order valence-corrected chi connectivity index (χ2v) is 4.70. The van der Waals surface area contributed by atoms with Crippen LogP contribution in [0, 0.1) is 13.8 Å². The normalized spacial score (nSPS) is 10.7. The Morgan fingerprint density at radius 2 is 2.05 bits per heavy atom. The summed E-state index contributed by atoms with van der Waals surface area (Å²) >= 11 is 0. The molecule has 0 aliphatic rings. The first-order valence-corrected chi connectivity index (χ1v) is 6.66. The summed E-state index contributed by atoms with van der Waals surface area (Å²) in [6.07, 6.45) is 3.81. The van der Waals surface area contributed by atoms with Crippen molar-refractivity contribution < 1.29 is 0 Å². The molecule has 2 aromatic rings. The summed E-state index contributed by atoms with van der Waals surface area (Å²) in [4.78, 5) is 8.77. The zero-order chi connectivity index (χ0) is 13.8. The number of hydrogen-bond acceptors (Lipinski definition) is 4. The third kappa shape index (κ3) is 3.30. The number of aryl methyl sites for hydroxylation is 3. The van der Waals surface area contributed by atoms with Gasteiger partial charge in [-0.25, -0.2) is 9.97 Å². The molecule has 2 rings (SSSR count). The maximum Gasteiger partial charge on any atom is 0.129 e. The Labute approximate surface area is 114 Å². The van der Waals surface area contributed by atoms with Gasteiger partial charge in [0.05, 0.1) is 6.20 Å². The van der Waals surface area contributed by atoms with Gasteiger partial charge in [-0.15, -0.1) is 0 Å². The van der Waals surface area contributed by atoms with E-state index in [1.54, 1.807) is 0 Å². The fraction of sp³-hybridized carbons (Fsp3) is 0.500. The van der Waals surface area contributed by atoms with Gasteiger partial charge in [-0.1, -0.05) is 6.92 Å². The van der Waals surface area contributed by atoms with Crippen molar-refractivity contribution in [2.24, 2.45) is 7.05 Å². The van der Waals surface area contributed by atoms with E-state index < -0.39 is 0 Å². The molecule has 0 bridgehead atoms. The highest BCUT2D eigenvalue weighted by Crippen LogP contribution is 2.09.